The summed E-state index contributed by atoms with van der Waals surface area (Å²) in [4.78, 5) is 10.6. The van der Waals surface area contributed by atoms with Crippen LogP contribution in [0.5, 0.6) is 0 Å². The van der Waals surface area contributed by atoms with Crippen LogP contribution in [0.3, 0.4) is 0 Å². The van der Waals surface area contributed by atoms with E-state index in [9.17, 15) is 0 Å². The maximum absolute atomic E-state index is 5.65. The molecule has 1 aromatic heterocycles. The Morgan fingerprint density at radius 2 is 2.12 bits per heavy atom. The van der Waals surface area contributed by atoms with Gasteiger partial charge in [-0.15, -0.1) is 0 Å². The summed E-state index contributed by atoms with van der Waals surface area (Å²) in [5, 5.41) is 0. The molecular formula is C11H17N5Ra. The first-order chi connectivity index (χ1) is 8.17. The van der Waals surface area contributed by atoms with E-state index in [0.29, 0.717) is 54.6 Å². The maximum atomic E-state index is 5.65. The Morgan fingerprint density at radius 1 is 1.29 bits per heavy atom. The summed E-state index contributed by atoms with van der Waals surface area (Å²) in [6.45, 7) is 4.89. The predicted molar refractivity (Wildman–Crippen MR) is 63.3 cm³/mol. The van der Waals surface area contributed by atoms with Gasteiger partial charge in [0, 0.05) is 0 Å². The minimum atomic E-state index is 0.379. The van der Waals surface area contributed by atoms with Crippen molar-refractivity contribution in [3.05, 3.63) is 12.3 Å². The standard InChI is InChI=1S/C11H16N5.Ra.H/c12-10-14-4-1-9(15-10)16-6-3-11(8-16)2-5-13-7-11;;/h1,4H,2-3,5-8H2,(H2,12,14,15);;/q-1;+1;. The third kappa shape index (κ3) is 2.46. The minimum absolute atomic E-state index is 0.379. The van der Waals surface area contributed by atoms with Crippen molar-refractivity contribution >= 4 is 11.8 Å². The van der Waals surface area contributed by atoms with Crippen LogP contribution in [0.25, 0.3) is 0 Å². The Bertz CT molecular complexity index is 426. The van der Waals surface area contributed by atoms with Gasteiger partial charge in [-0.1, -0.05) is 0 Å². The second kappa shape index (κ2) is 4.65. The summed E-state index contributed by atoms with van der Waals surface area (Å²) < 4.78 is 2.66. The van der Waals surface area contributed by atoms with E-state index < -0.39 is 0 Å². The molecule has 5 nitrogen and oxygen atoms in total. The van der Waals surface area contributed by atoms with Crippen molar-refractivity contribution in [2.75, 3.05) is 36.8 Å². The number of nitrogens with two attached hydrogens (primary N) is 1. The van der Waals surface area contributed by atoms with E-state index in [1.54, 1.807) is 6.20 Å². The van der Waals surface area contributed by atoms with E-state index in [-0.39, 0.29) is 0 Å². The summed E-state index contributed by atoms with van der Waals surface area (Å²) in [6, 6.07) is 1.97. The van der Waals surface area contributed by atoms with Crippen LogP contribution in [0.15, 0.2) is 12.3 Å². The fourth-order valence-electron chi connectivity index (χ4n) is 3.16. The molecule has 0 aromatic carbocycles. The molecule has 0 aliphatic carbocycles. The Morgan fingerprint density at radius 3 is 2.82 bits per heavy atom. The molecule has 6 heteroatoms. The molecular weight excluding hydrogens is 428 g/mol. The molecule has 2 saturated heterocycles. The molecule has 2 aliphatic rings. The zero-order valence-electron chi connectivity index (χ0n) is 10.3. The Kier molecular flexibility index (Phi) is 3.33. The number of rotatable bonds is 1. The molecule has 3 rings (SSSR count). The van der Waals surface area contributed by atoms with Crippen molar-refractivity contribution in [2.24, 2.45) is 5.41 Å². The molecule has 1 atom stereocenters. The monoisotopic (exact) mass is 445 g/mol. The number of hydrogen-bond acceptors (Lipinski definition) is 5. The summed E-state index contributed by atoms with van der Waals surface area (Å²) in [6.07, 6.45) is 4.42. The van der Waals surface area contributed by atoms with E-state index in [1.807, 2.05) is 6.07 Å². The summed E-state index contributed by atoms with van der Waals surface area (Å²) in [7, 11) is 0. The topological polar surface area (TPSA) is 58.3 Å². The fraction of sp³-hybridized carbons (Fsp3) is 0.636. The van der Waals surface area contributed by atoms with Crippen LogP contribution in [0, 0.1) is 48.6 Å². The first-order valence-electron chi connectivity index (χ1n) is 6.19. The van der Waals surface area contributed by atoms with Gasteiger partial charge in [0.15, 0.2) is 0 Å². The molecule has 0 saturated carbocycles. The molecule has 2 N–H and O–H groups in total. The van der Waals surface area contributed by atoms with Crippen molar-refractivity contribution in [3.63, 3.8) is 0 Å². The van der Waals surface area contributed by atoms with Crippen LogP contribution in [0.2, 0.25) is 0 Å². The van der Waals surface area contributed by atoms with Gasteiger partial charge in [-0.3, -0.25) is 0 Å². The van der Waals surface area contributed by atoms with Crippen molar-refractivity contribution < 1.29 is 43.2 Å². The van der Waals surface area contributed by atoms with Gasteiger partial charge in [-0.2, -0.15) is 0 Å². The molecule has 0 radical (unpaired) electrons. The SMILES string of the molecule is Nc1nccc(N2CCC3(CC[N]([RaH])C3)C2)n1. The predicted octanol–water partition coefficient (Wildman–Crippen LogP) is 0.158. The molecule has 1 aromatic rings. The van der Waals surface area contributed by atoms with Gasteiger partial charge in [0.2, 0.25) is 0 Å². The van der Waals surface area contributed by atoms with Crippen molar-refractivity contribution in [1.29, 1.82) is 0 Å². The van der Waals surface area contributed by atoms with Gasteiger partial charge < -0.3 is 0 Å². The first kappa shape index (κ1) is 12.2. The number of aromatic nitrogens is 2. The van der Waals surface area contributed by atoms with Crippen LogP contribution >= 0.6 is 0 Å². The number of anilines is 2. The Labute approximate surface area is 131 Å². The second-order valence-corrected chi connectivity index (χ2v) is 10.6. The van der Waals surface area contributed by atoms with Gasteiger partial charge in [-0.05, 0) is 0 Å². The Hall–Kier alpha value is 0.108. The van der Waals surface area contributed by atoms with E-state index >= 15 is 0 Å². The first-order valence-corrected chi connectivity index (χ1v) is 9.87. The quantitative estimate of drug-likeness (QED) is 0.668. The van der Waals surface area contributed by atoms with E-state index in [4.69, 9.17) is 5.73 Å². The summed E-state index contributed by atoms with van der Waals surface area (Å²) in [5.41, 5.74) is 6.18. The van der Waals surface area contributed by atoms with Crippen LogP contribution in [0.1, 0.15) is 12.8 Å². The fourth-order valence-corrected chi connectivity index (χ4v) is 6.84. The summed E-state index contributed by atoms with van der Waals surface area (Å²) in [5.74, 6) is 1.37. The molecule has 1 unspecified atom stereocenters. The molecule has 88 valence electrons. The van der Waals surface area contributed by atoms with E-state index in [0.717, 1.165) is 18.9 Å². The molecule has 17 heavy (non-hydrogen) atoms. The average Bonchev–Trinajstić information content (AvgIpc) is 2.87. The van der Waals surface area contributed by atoms with Crippen LogP contribution in [-0.2, 0) is 0 Å². The van der Waals surface area contributed by atoms with Crippen molar-refractivity contribution in [1.82, 2.24) is 10.4 Å². The zero-order valence-corrected chi connectivity index (χ0v) is 18.5. The number of nitrogen functional groups attached to an aromatic ring is 1. The molecule has 1 spiro atoms. The van der Waals surface area contributed by atoms with Crippen molar-refractivity contribution in [3.8, 4) is 0 Å². The van der Waals surface area contributed by atoms with E-state index in [2.05, 4.69) is 15.3 Å². The van der Waals surface area contributed by atoms with Gasteiger partial charge in [0.25, 0.3) is 0 Å². The average molecular weight is 445 g/mol. The van der Waals surface area contributed by atoms with Gasteiger partial charge in [-0.25, -0.2) is 0 Å². The third-order valence-corrected chi connectivity index (χ3v) is 7.19. The second-order valence-electron chi connectivity index (χ2n) is 5.43. The zero-order chi connectivity index (χ0) is 11.9. The number of nitrogens with zero attached hydrogens (tertiary/aromatic N) is 4. The summed E-state index contributed by atoms with van der Waals surface area (Å²) >= 11 is 0.529. The normalized spacial score (nSPS) is 29.2. The Balaban J connectivity index is 1.76. The van der Waals surface area contributed by atoms with Crippen LogP contribution in [-0.4, -0.2) is 36.6 Å². The van der Waals surface area contributed by atoms with Crippen molar-refractivity contribution in [2.45, 2.75) is 12.8 Å². The van der Waals surface area contributed by atoms with Crippen LogP contribution < -0.4 is 10.6 Å². The van der Waals surface area contributed by atoms with Gasteiger partial charge >= 0.3 is 133 Å². The molecule has 3 heterocycles. The molecule has 0 bridgehead atoms. The molecule has 2 aliphatic heterocycles. The molecule has 0 amide bonds. The van der Waals surface area contributed by atoms with Gasteiger partial charge in [0.05, 0.1) is 0 Å². The van der Waals surface area contributed by atoms with E-state index in [1.165, 1.54) is 25.9 Å². The van der Waals surface area contributed by atoms with Gasteiger partial charge in [0.1, 0.15) is 0 Å². The van der Waals surface area contributed by atoms with Crippen LogP contribution in [0.4, 0.5) is 11.8 Å². The number of hydrogen-bond donors (Lipinski definition) is 1. The third-order valence-electron chi connectivity index (χ3n) is 4.05. The molecule has 2 fully saturated rings.